The number of halogens is 2. The van der Waals surface area contributed by atoms with E-state index in [4.69, 9.17) is 9.47 Å². The minimum absolute atomic E-state index is 0.0647. The molecule has 6 rings (SSSR count). The molecule has 2 atom stereocenters. The van der Waals surface area contributed by atoms with E-state index in [0.717, 1.165) is 38.3 Å². The molecule has 12 nitrogen and oxygen atoms in total. The van der Waals surface area contributed by atoms with Crippen molar-refractivity contribution in [3.63, 3.8) is 0 Å². The highest BCUT2D eigenvalue weighted by Crippen LogP contribution is 2.43. The molecular weight excluding hydrogens is 552 g/mol. The largest absolute Gasteiger partial charge is 0.494 e. The first-order valence-corrected chi connectivity index (χ1v) is 13.2. The zero-order valence-corrected chi connectivity index (χ0v) is 23.0. The van der Waals surface area contributed by atoms with Crippen molar-refractivity contribution < 1.29 is 23.2 Å². The second kappa shape index (κ2) is 10.5. The van der Waals surface area contributed by atoms with E-state index in [2.05, 4.69) is 27.2 Å². The Labute approximate surface area is 238 Å². The molecule has 4 heterocycles. The van der Waals surface area contributed by atoms with Crippen molar-refractivity contribution >= 4 is 34.0 Å². The van der Waals surface area contributed by atoms with Crippen LogP contribution < -0.4 is 25.2 Å². The molecule has 2 fully saturated rings. The summed E-state index contributed by atoms with van der Waals surface area (Å²) >= 11 is 0. The molecule has 218 valence electrons. The number of aryl methyl sites for hydroxylation is 1. The first-order valence-electron chi connectivity index (χ1n) is 13.2. The van der Waals surface area contributed by atoms with Gasteiger partial charge in [-0.2, -0.15) is 4.98 Å². The maximum atomic E-state index is 14.1. The van der Waals surface area contributed by atoms with E-state index in [9.17, 15) is 23.7 Å². The zero-order valence-electron chi connectivity index (χ0n) is 23.0. The van der Waals surface area contributed by atoms with Crippen LogP contribution in [-0.2, 0) is 7.05 Å². The summed E-state index contributed by atoms with van der Waals surface area (Å²) < 4.78 is 39.6. The Bertz CT molecular complexity index is 1770. The molecule has 2 saturated heterocycles. The van der Waals surface area contributed by atoms with Gasteiger partial charge in [-0.15, -0.1) is 0 Å². The lowest BCUT2D eigenvalue weighted by Crippen LogP contribution is -2.27. The SMILES string of the molecule is COc1cc(N2C[C@H]3CN(C)C[C@H]3C2)c([N+](=O)[O-])cc1Nc1ncc2cc(Oc3ccc(F)cc3F)c(=O)n(C)c2n1. The number of benzene rings is 2. The third-order valence-corrected chi connectivity index (χ3v) is 7.78. The summed E-state index contributed by atoms with van der Waals surface area (Å²) in [5.41, 5.74) is 0.308. The number of hydrogen-bond donors (Lipinski definition) is 1. The lowest BCUT2D eigenvalue weighted by atomic mass is 10.0. The van der Waals surface area contributed by atoms with E-state index in [-0.39, 0.29) is 34.5 Å². The highest BCUT2D eigenvalue weighted by Gasteiger charge is 2.40. The molecule has 14 heteroatoms. The van der Waals surface area contributed by atoms with Gasteiger partial charge < -0.3 is 24.6 Å². The van der Waals surface area contributed by atoms with Crippen LogP contribution in [0.3, 0.4) is 0 Å². The Morgan fingerprint density at radius 3 is 2.43 bits per heavy atom. The average Bonchev–Trinajstić information content (AvgIpc) is 3.50. The van der Waals surface area contributed by atoms with Crippen LogP contribution in [0.4, 0.5) is 31.8 Å². The number of nitro benzene ring substituents is 1. The Morgan fingerprint density at radius 1 is 1.02 bits per heavy atom. The number of likely N-dealkylation sites (tertiary alicyclic amines) is 1. The van der Waals surface area contributed by atoms with Crippen molar-refractivity contribution in [3.05, 3.63) is 74.7 Å². The van der Waals surface area contributed by atoms with Gasteiger partial charge in [-0.3, -0.25) is 19.5 Å². The van der Waals surface area contributed by atoms with Crippen molar-refractivity contribution in [1.29, 1.82) is 0 Å². The van der Waals surface area contributed by atoms with Crippen molar-refractivity contribution in [2.45, 2.75) is 0 Å². The number of nitro groups is 1. The lowest BCUT2D eigenvalue weighted by molar-refractivity contribution is -0.384. The van der Waals surface area contributed by atoms with Crippen LogP contribution in [-0.4, -0.2) is 64.7 Å². The van der Waals surface area contributed by atoms with Crippen molar-refractivity contribution in [1.82, 2.24) is 19.4 Å². The van der Waals surface area contributed by atoms with Gasteiger partial charge in [0.15, 0.2) is 17.3 Å². The number of ether oxygens (including phenoxy) is 2. The average molecular weight is 580 g/mol. The Hall–Kier alpha value is -4.85. The summed E-state index contributed by atoms with van der Waals surface area (Å²) in [5, 5.41) is 15.5. The normalized spacial score (nSPS) is 18.4. The number of pyridine rings is 1. The monoisotopic (exact) mass is 579 g/mol. The van der Waals surface area contributed by atoms with Crippen LogP contribution in [0.2, 0.25) is 0 Å². The molecule has 0 amide bonds. The fourth-order valence-corrected chi connectivity index (χ4v) is 5.80. The van der Waals surface area contributed by atoms with Crippen molar-refractivity contribution in [2.75, 3.05) is 50.6 Å². The lowest BCUT2D eigenvalue weighted by Gasteiger charge is -2.22. The van der Waals surface area contributed by atoms with Gasteiger partial charge >= 0.3 is 0 Å². The van der Waals surface area contributed by atoms with Gasteiger partial charge in [-0.1, -0.05) is 0 Å². The molecule has 0 saturated carbocycles. The Morgan fingerprint density at radius 2 is 1.76 bits per heavy atom. The summed E-state index contributed by atoms with van der Waals surface area (Å²) in [6.07, 6.45) is 1.42. The molecule has 4 aromatic rings. The van der Waals surface area contributed by atoms with E-state index >= 15 is 0 Å². The molecule has 1 N–H and O–H groups in total. The van der Waals surface area contributed by atoms with Gasteiger partial charge in [0.05, 0.1) is 17.7 Å². The minimum Gasteiger partial charge on any atom is -0.494 e. The molecule has 2 aliphatic heterocycles. The number of rotatable bonds is 7. The molecule has 0 aliphatic carbocycles. The molecule has 42 heavy (non-hydrogen) atoms. The van der Waals surface area contributed by atoms with Gasteiger partial charge in [-0.25, -0.2) is 13.8 Å². The molecule has 0 bridgehead atoms. The zero-order chi connectivity index (χ0) is 29.7. The Kier molecular flexibility index (Phi) is 6.85. The van der Waals surface area contributed by atoms with Gasteiger partial charge in [0.2, 0.25) is 5.95 Å². The number of methoxy groups -OCH3 is 1. The highest BCUT2D eigenvalue weighted by atomic mass is 19.1. The highest BCUT2D eigenvalue weighted by molar-refractivity contribution is 5.80. The van der Waals surface area contributed by atoms with Crippen LogP contribution in [0.5, 0.6) is 17.2 Å². The van der Waals surface area contributed by atoms with Gasteiger partial charge in [0.1, 0.15) is 22.9 Å². The van der Waals surface area contributed by atoms with Crippen LogP contribution >= 0.6 is 0 Å². The predicted molar refractivity (Wildman–Crippen MR) is 151 cm³/mol. The number of anilines is 3. The molecule has 0 spiro atoms. The third-order valence-electron chi connectivity index (χ3n) is 7.78. The number of hydrogen-bond acceptors (Lipinski definition) is 10. The van der Waals surface area contributed by atoms with E-state index in [0.29, 0.717) is 34.7 Å². The first kappa shape index (κ1) is 27.3. The molecular formula is C28H27F2N7O5. The van der Waals surface area contributed by atoms with Crippen LogP contribution in [0.1, 0.15) is 0 Å². The summed E-state index contributed by atoms with van der Waals surface area (Å²) in [4.78, 5) is 37.7. The van der Waals surface area contributed by atoms with E-state index in [1.807, 2.05) is 4.90 Å². The quantitative estimate of drug-likeness (QED) is 0.253. The smallest absolute Gasteiger partial charge is 0.294 e. The van der Waals surface area contributed by atoms with E-state index in [1.54, 1.807) is 6.07 Å². The maximum Gasteiger partial charge on any atom is 0.294 e. The predicted octanol–water partition coefficient (Wildman–Crippen LogP) is 4.06. The molecule has 2 aliphatic rings. The van der Waals surface area contributed by atoms with E-state index < -0.39 is 22.1 Å². The van der Waals surface area contributed by atoms with Crippen molar-refractivity contribution in [3.8, 4) is 17.2 Å². The second-order valence-corrected chi connectivity index (χ2v) is 10.6. The standard InChI is InChI=1S/C28H27F2N7O5/c1-34-11-16-13-36(14-17(16)12-34)21-9-24(41-3)20(8-22(21)37(39)40)32-28-31-10-15-6-25(27(38)35(2)26(15)33-28)42-23-5-4-18(29)7-19(23)30/h4-10,16-17H,11-14H2,1-3H3,(H,31,32,33)/t16-,17+. The molecule has 0 radical (unpaired) electrons. The van der Waals surface area contributed by atoms with Crippen molar-refractivity contribution in [2.24, 2.45) is 18.9 Å². The maximum absolute atomic E-state index is 14.1. The fourth-order valence-electron chi connectivity index (χ4n) is 5.80. The molecule has 0 unspecified atom stereocenters. The van der Waals surface area contributed by atoms with Gasteiger partial charge in [-0.05, 0) is 37.1 Å². The minimum atomic E-state index is -0.956. The first-order chi connectivity index (χ1) is 20.1. The van der Waals surface area contributed by atoms with E-state index in [1.165, 1.54) is 37.1 Å². The van der Waals surface area contributed by atoms with Gasteiger partial charge in [0.25, 0.3) is 11.2 Å². The summed E-state index contributed by atoms with van der Waals surface area (Å²) in [6, 6.07) is 7.17. The number of aromatic nitrogens is 3. The second-order valence-electron chi connectivity index (χ2n) is 10.6. The summed E-state index contributed by atoms with van der Waals surface area (Å²) in [6.45, 7) is 3.38. The van der Waals surface area contributed by atoms with Crippen LogP contribution in [0, 0.1) is 33.6 Å². The summed E-state index contributed by atoms with van der Waals surface area (Å²) in [7, 11) is 5.02. The number of nitrogens with zero attached hydrogens (tertiary/aromatic N) is 6. The Balaban J connectivity index is 1.31. The third kappa shape index (κ3) is 4.93. The number of fused-ring (bicyclic) bond motifs is 2. The van der Waals surface area contributed by atoms with Gasteiger partial charge in [0, 0.05) is 63.0 Å². The summed E-state index contributed by atoms with van der Waals surface area (Å²) in [5.74, 6) is -0.903. The molecule has 2 aromatic heterocycles. The van der Waals surface area contributed by atoms with Crippen LogP contribution in [0.15, 0.2) is 47.4 Å². The topological polar surface area (TPSA) is 128 Å². The number of nitrogens with one attached hydrogen (secondary N) is 1. The molecule has 2 aromatic carbocycles. The van der Waals surface area contributed by atoms with Crippen LogP contribution in [0.25, 0.3) is 11.0 Å². The fraction of sp³-hybridized carbons (Fsp3) is 0.321.